The zero-order valence-electron chi connectivity index (χ0n) is 10.7. The molecule has 18 heavy (non-hydrogen) atoms. The Morgan fingerprint density at radius 3 is 2.56 bits per heavy atom. The van der Waals surface area contributed by atoms with Crippen molar-refractivity contribution in [3.05, 3.63) is 23.8 Å². The molecule has 1 rings (SSSR count). The molecule has 6 heteroatoms. The first-order valence-corrected chi connectivity index (χ1v) is 5.93. The van der Waals surface area contributed by atoms with E-state index in [9.17, 15) is 10.0 Å². The third-order valence-corrected chi connectivity index (χ3v) is 2.21. The van der Waals surface area contributed by atoms with Crippen molar-refractivity contribution in [1.82, 2.24) is 0 Å². The van der Waals surface area contributed by atoms with Crippen LogP contribution >= 0.6 is 0 Å². The average molecular weight is 252 g/mol. The first kappa shape index (κ1) is 14.8. The molecule has 100 valence electrons. The average Bonchev–Trinajstić information content (AvgIpc) is 2.30. The van der Waals surface area contributed by atoms with Gasteiger partial charge in [0.2, 0.25) is 0 Å². The fourth-order valence-corrected chi connectivity index (χ4v) is 1.43. The van der Waals surface area contributed by atoms with E-state index in [0.29, 0.717) is 19.0 Å². The van der Waals surface area contributed by atoms with E-state index in [-0.39, 0.29) is 5.75 Å². The van der Waals surface area contributed by atoms with Crippen molar-refractivity contribution in [3.63, 3.8) is 0 Å². The second-order valence-corrected chi connectivity index (χ2v) is 3.79. The molecule has 0 spiro atoms. The Morgan fingerprint density at radius 2 is 1.94 bits per heavy atom. The standard InChI is InChI=1S/C12H17BO5/c1-3-6-16-7-8-17-12-5-4-11(9-10(12)2)18-13(14)15/h4-5,9H,3,6-8H2,1-2H3/q-2. The van der Waals surface area contributed by atoms with Gasteiger partial charge >= 0.3 is 0 Å². The van der Waals surface area contributed by atoms with Gasteiger partial charge in [-0.05, 0) is 37.1 Å². The normalized spacial score (nSPS) is 10.2. The Hall–Kier alpha value is -1.24. The highest BCUT2D eigenvalue weighted by molar-refractivity contribution is 6.29. The summed E-state index contributed by atoms with van der Waals surface area (Å²) in [6.45, 7) is 5.59. The van der Waals surface area contributed by atoms with Crippen molar-refractivity contribution >= 4 is 7.32 Å². The lowest BCUT2D eigenvalue weighted by Crippen LogP contribution is -2.50. The second kappa shape index (κ2) is 7.97. The molecular weight excluding hydrogens is 235 g/mol. The zero-order valence-corrected chi connectivity index (χ0v) is 10.7. The van der Waals surface area contributed by atoms with E-state index in [0.717, 1.165) is 18.6 Å². The van der Waals surface area contributed by atoms with Crippen LogP contribution in [-0.2, 0) is 4.74 Å². The van der Waals surface area contributed by atoms with Crippen LogP contribution < -0.4 is 19.4 Å². The molecule has 0 saturated heterocycles. The van der Waals surface area contributed by atoms with Gasteiger partial charge in [0.15, 0.2) is 0 Å². The summed E-state index contributed by atoms with van der Waals surface area (Å²) in [4.78, 5) is 0. The first-order chi connectivity index (χ1) is 8.63. The Labute approximate surface area is 107 Å². The van der Waals surface area contributed by atoms with Gasteiger partial charge in [0.25, 0.3) is 0 Å². The molecule has 0 N–H and O–H groups in total. The van der Waals surface area contributed by atoms with E-state index >= 15 is 0 Å². The Bertz CT molecular complexity index is 356. The summed E-state index contributed by atoms with van der Waals surface area (Å²) in [5.74, 6) is 0.952. The number of rotatable bonds is 8. The van der Waals surface area contributed by atoms with Crippen molar-refractivity contribution in [3.8, 4) is 11.5 Å². The molecule has 0 bridgehead atoms. The first-order valence-electron chi connectivity index (χ1n) is 5.93. The molecule has 0 atom stereocenters. The topological polar surface area (TPSA) is 73.8 Å². The minimum Gasteiger partial charge on any atom is -0.860 e. The van der Waals surface area contributed by atoms with Crippen LogP contribution in [0.15, 0.2) is 18.2 Å². The quantitative estimate of drug-likeness (QED) is 0.476. The lowest BCUT2D eigenvalue weighted by atomic mass is 10.2. The maximum absolute atomic E-state index is 10.3. The summed E-state index contributed by atoms with van der Waals surface area (Å²) in [6, 6.07) is 4.82. The van der Waals surface area contributed by atoms with Crippen molar-refractivity contribution in [2.45, 2.75) is 20.3 Å². The Kier molecular flexibility index (Phi) is 6.56. The number of ether oxygens (including phenoxy) is 2. The minimum atomic E-state index is -2.31. The molecule has 0 aliphatic carbocycles. The summed E-state index contributed by atoms with van der Waals surface area (Å²) in [7, 11) is -2.31. The van der Waals surface area contributed by atoms with Crippen LogP contribution in [0.4, 0.5) is 0 Å². The van der Waals surface area contributed by atoms with Crippen LogP contribution in [0.3, 0.4) is 0 Å². The summed E-state index contributed by atoms with van der Waals surface area (Å²) in [6.07, 6.45) is 0.983. The second-order valence-electron chi connectivity index (χ2n) is 3.79. The fraction of sp³-hybridized carbons (Fsp3) is 0.500. The van der Waals surface area contributed by atoms with Gasteiger partial charge in [-0.1, -0.05) is 6.92 Å². The monoisotopic (exact) mass is 252 g/mol. The van der Waals surface area contributed by atoms with Crippen LogP contribution in [0.25, 0.3) is 0 Å². The predicted octanol–water partition coefficient (Wildman–Crippen LogP) is -0.115. The molecule has 0 unspecified atom stereocenters. The molecule has 5 nitrogen and oxygen atoms in total. The molecule has 0 amide bonds. The fourth-order valence-electron chi connectivity index (χ4n) is 1.43. The van der Waals surface area contributed by atoms with Gasteiger partial charge in [0, 0.05) is 6.61 Å². The van der Waals surface area contributed by atoms with Gasteiger partial charge in [0.1, 0.15) is 19.7 Å². The van der Waals surface area contributed by atoms with Gasteiger partial charge in [-0.25, -0.2) is 0 Å². The molecule has 1 aromatic rings. The largest absolute Gasteiger partial charge is 0.860 e. The SMILES string of the molecule is CCCOCCOc1ccc(OB([O-])[O-])cc1C. The van der Waals surface area contributed by atoms with Crippen molar-refractivity contribution in [2.75, 3.05) is 19.8 Å². The van der Waals surface area contributed by atoms with Crippen molar-refractivity contribution in [2.24, 2.45) is 0 Å². The lowest BCUT2D eigenvalue weighted by molar-refractivity contribution is -0.372. The molecule has 1 aromatic carbocycles. The van der Waals surface area contributed by atoms with Crippen molar-refractivity contribution in [1.29, 1.82) is 0 Å². The maximum atomic E-state index is 10.3. The van der Waals surface area contributed by atoms with Gasteiger partial charge < -0.3 is 24.2 Å². The molecule has 0 fully saturated rings. The number of benzene rings is 1. The molecule has 0 radical (unpaired) electrons. The molecule has 0 aliphatic rings. The summed E-state index contributed by atoms with van der Waals surface area (Å²) in [5.41, 5.74) is 0.809. The van der Waals surface area contributed by atoms with E-state index in [4.69, 9.17) is 9.47 Å². The van der Waals surface area contributed by atoms with Gasteiger partial charge in [0.05, 0.1) is 12.4 Å². The van der Waals surface area contributed by atoms with Crippen LogP contribution in [-0.4, -0.2) is 27.1 Å². The van der Waals surface area contributed by atoms with Crippen LogP contribution in [0.5, 0.6) is 11.5 Å². The number of hydrogen-bond donors (Lipinski definition) is 0. The van der Waals surface area contributed by atoms with E-state index in [1.807, 2.05) is 13.8 Å². The van der Waals surface area contributed by atoms with Crippen LogP contribution in [0.1, 0.15) is 18.9 Å². The minimum absolute atomic E-state index is 0.261. The van der Waals surface area contributed by atoms with E-state index < -0.39 is 7.32 Å². The molecule has 0 heterocycles. The molecule has 0 aliphatic heterocycles. The zero-order chi connectivity index (χ0) is 13.4. The van der Waals surface area contributed by atoms with E-state index in [2.05, 4.69) is 4.65 Å². The summed E-state index contributed by atoms with van der Waals surface area (Å²) >= 11 is 0. The number of hydrogen-bond acceptors (Lipinski definition) is 5. The van der Waals surface area contributed by atoms with Gasteiger partial charge in [-0.3, -0.25) is 0 Å². The van der Waals surface area contributed by atoms with Crippen LogP contribution in [0.2, 0.25) is 0 Å². The smallest absolute Gasteiger partial charge is 0.133 e. The number of aryl methyl sites for hydroxylation is 1. The maximum Gasteiger partial charge on any atom is 0.133 e. The van der Waals surface area contributed by atoms with Crippen molar-refractivity contribution < 1.29 is 24.2 Å². The van der Waals surface area contributed by atoms with Gasteiger partial charge in [-0.2, -0.15) is 0 Å². The Morgan fingerprint density at radius 1 is 1.17 bits per heavy atom. The molecule has 0 aromatic heterocycles. The Balaban J connectivity index is 2.42. The third-order valence-electron chi connectivity index (χ3n) is 2.21. The highest BCUT2D eigenvalue weighted by Crippen LogP contribution is 2.23. The predicted molar refractivity (Wildman–Crippen MR) is 64.2 cm³/mol. The summed E-state index contributed by atoms with van der Waals surface area (Å²) < 4.78 is 15.3. The van der Waals surface area contributed by atoms with E-state index in [1.54, 1.807) is 12.1 Å². The lowest BCUT2D eigenvalue weighted by Gasteiger charge is -2.27. The van der Waals surface area contributed by atoms with E-state index in [1.165, 1.54) is 6.07 Å². The summed E-state index contributed by atoms with van der Waals surface area (Å²) in [5, 5.41) is 20.7. The third kappa shape index (κ3) is 5.40. The highest BCUT2D eigenvalue weighted by Gasteiger charge is 2.01. The van der Waals surface area contributed by atoms with Crippen LogP contribution in [0, 0.1) is 6.92 Å². The van der Waals surface area contributed by atoms with Gasteiger partial charge in [-0.15, -0.1) is 0 Å². The highest BCUT2D eigenvalue weighted by atomic mass is 16.6. The molecular formula is C12H17BO5-2. The molecule has 0 saturated carbocycles.